The van der Waals surface area contributed by atoms with Gasteiger partial charge >= 0.3 is 0 Å². The molecular formula is C12H17BO2. The molecule has 15 heavy (non-hydrogen) atoms. The van der Waals surface area contributed by atoms with E-state index < -0.39 is 0 Å². The van der Waals surface area contributed by atoms with Crippen LogP contribution in [0.2, 0.25) is 0 Å². The van der Waals surface area contributed by atoms with Gasteiger partial charge in [-0.2, -0.15) is 0 Å². The molecule has 2 rings (SSSR count). The van der Waals surface area contributed by atoms with Gasteiger partial charge in [0, 0.05) is 7.11 Å². The van der Waals surface area contributed by atoms with Crippen LogP contribution in [0, 0.1) is 0 Å². The molecule has 0 heterocycles. The van der Waals surface area contributed by atoms with Gasteiger partial charge in [0.1, 0.15) is 13.6 Å². The van der Waals surface area contributed by atoms with E-state index in [-0.39, 0.29) is 5.60 Å². The fourth-order valence-corrected chi connectivity index (χ4v) is 2.21. The Morgan fingerprint density at radius 1 is 1.27 bits per heavy atom. The Labute approximate surface area is 92.0 Å². The van der Waals surface area contributed by atoms with Crippen LogP contribution in [0.5, 0.6) is 5.75 Å². The predicted molar refractivity (Wildman–Crippen MR) is 63.7 cm³/mol. The summed E-state index contributed by atoms with van der Waals surface area (Å²) in [4.78, 5) is 0. The SMILES string of the molecule is Bc1ccc(C2(OC)CCC2)cc1OC. The molecule has 0 unspecified atom stereocenters. The summed E-state index contributed by atoms with van der Waals surface area (Å²) in [5, 5.41) is 0. The zero-order chi connectivity index (χ0) is 10.9. The molecule has 1 aromatic rings. The maximum absolute atomic E-state index is 5.64. The average Bonchev–Trinajstić information content (AvgIpc) is 2.19. The average molecular weight is 204 g/mol. The van der Waals surface area contributed by atoms with E-state index in [4.69, 9.17) is 9.47 Å². The highest BCUT2D eigenvalue weighted by Gasteiger charge is 2.38. The van der Waals surface area contributed by atoms with Crippen LogP contribution in [-0.4, -0.2) is 22.1 Å². The van der Waals surface area contributed by atoms with E-state index in [0.29, 0.717) is 0 Å². The van der Waals surface area contributed by atoms with Gasteiger partial charge in [0.15, 0.2) is 0 Å². The van der Waals surface area contributed by atoms with E-state index >= 15 is 0 Å². The molecule has 0 bridgehead atoms. The smallest absolute Gasteiger partial charge is 0.144 e. The van der Waals surface area contributed by atoms with Crippen LogP contribution in [0.25, 0.3) is 0 Å². The van der Waals surface area contributed by atoms with Crippen molar-refractivity contribution in [2.24, 2.45) is 0 Å². The van der Waals surface area contributed by atoms with Gasteiger partial charge in [0.25, 0.3) is 0 Å². The highest BCUT2D eigenvalue weighted by Crippen LogP contribution is 2.44. The summed E-state index contributed by atoms with van der Waals surface area (Å²) in [5.74, 6) is 0.954. The summed E-state index contributed by atoms with van der Waals surface area (Å²) in [6, 6.07) is 6.37. The highest BCUT2D eigenvalue weighted by molar-refractivity contribution is 6.34. The molecule has 0 N–H and O–H groups in total. The zero-order valence-electron chi connectivity index (χ0n) is 9.67. The van der Waals surface area contributed by atoms with Gasteiger partial charge in [-0.25, -0.2) is 0 Å². The van der Waals surface area contributed by atoms with Crippen LogP contribution in [-0.2, 0) is 10.3 Å². The molecule has 0 spiro atoms. The maximum atomic E-state index is 5.64. The lowest BCUT2D eigenvalue weighted by atomic mass is 9.74. The van der Waals surface area contributed by atoms with E-state index in [9.17, 15) is 0 Å². The quantitative estimate of drug-likeness (QED) is 0.683. The minimum absolute atomic E-state index is 0.0407. The van der Waals surface area contributed by atoms with Gasteiger partial charge in [-0.3, -0.25) is 0 Å². The third-order valence-electron chi connectivity index (χ3n) is 3.49. The monoisotopic (exact) mass is 204 g/mol. The minimum Gasteiger partial charge on any atom is -0.497 e. The molecule has 0 amide bonds. The topological polar surface area (TPSA) is 18.5 Å². The molecular weight excluding hydrogens is 187 g/mol. The molecule has 1 aliphatic carbocycles. The van der Waals surface area contributed by atoms with Gasteiger partial charge in [-0.1, -0.05) is 12.1 Å². The summed E-state index contributed by atoms with van der Waals surface area (Å²) >= 11 is 0. The second-order valence-corrected chi connectivity index (χ2v) is 4.24. The Bertz CT molecular complexity index is 353. The fourth-order valence-electron chi connectivity index (χ4n) is 2.21. The normalized spacial score (nSPS) is 18.3. The van der Waals surface area contributed by atoms with Crippen molar-refractivity contribution < 1.29 is 9.47 Å². The molecule has 0 atom stereocenters. The van der Waals surface area contributed by atoms with E-state index in [2.05, 4.69) is 26.0 Å². The lowest BCUT2D eigenvalue weighted by molar-refractivity contribution is -0.0779. The summed E-state index contributed by atoms with van der Waals surface area (Å²) < 4.78 is 11.0. The van der Waals surface area contributed by atoms with Crippen molar-refractivity contribution in [1.29, 1.82) is 0 Å². The second kappa shape index (κ2) is 3.89. The van der Waals surface area contributed by atoms with Crippen molar-refractivity contribution >= 4 is 13.3 Å². The van der Waals surface area contributed by atoms with E-state index in [0.717, 1.165) is 18.6 Å². The van der Waals surface area contributed by atoms with Crippen LogP contribution in [0.1, 0.15) is 24.8 Å². The van der Waals surface area contributed by atoms with Crippen LogP contribution in [0.4, 0.5) is 0 Å². The molecule has 1 aromatic carbocycles. The number of ether oxygens (including phenoxy) is 2. The second-order valence-electron chi connectivity index (χ2n) is 4.24. The Balaban J connectivity index is 2.36. The molecule has 1 fully saturated rings. The van der Waals surface area contributed by atoms with Crippen LogP contribution >= 0.6 is 0 Å². The highest BCUT2D eigenvalue weighted by atomic mass is 16.5. The largest absolute Gasteiger partial charge is 0.497 e. The molecule has 2 nitrogen and oxygen atoms in total. The summed E-state index contributed by atoms with van der Waals surface area (Å²) in [6.45, 7) is 0. The zero-order valence-corrected chi connectivity index (χ0v) is 9.67. The molecule has 1 aliphatic rings. The number of rotatable bonds is 3. The standard InChI is InChI=1S/C12H17BO2/c1-14-11-8-9(4-5-10(11)13)12(15-2)6-3-7-12/h4-5,8H,3,6-7,13H2,1-2H3. The van der Waals surface area contributed by atoms with E-state index in [1.54, 1.807) is 14.2 Å². The summed E-state index contributed by atoms with van der Waals surface area (Å²) in [5.41, 5.74) is 2.38. The fraction of sp³-hybridized carbons (Fsp3) is 0.500. The van der Waals surface area contributed by atoms with Gasteiger partial charge < -0.3 is 9.47 Å². The molecule has 1 saturated carbocycles. The van der Waals surface area contributed by atoms with Crippen LogP contribution in [0.15, 0.2) is 18.2 Å². The van der Waals surface area contributed by atoms with Crippen molar-refractivity contribution in [3.8, 4) is 5.75 Å². The van der Waals surface area contributed by atoms with Crippen LogP contribution in [0.3, 0.4) is 0 Å². The first-order valence-electron chi connectivity index (χ1n) is 5.42. The number of hydrogen-bond donors (Lipinski definition) is 0. The molecule has 0 saturated heterocycles. The molecule has 0 aromatic heterocycles. The molecule has 80 valence electrons. The lowest BCUT2D eigenvalue weighted by Gasteiger charge is -2.41. The number of hydrogen-bond acceptors (Lipinski definition) is 2. The summed E-state index contributed by atoms with van der Waals surface area (Å²) in [6.07, 6.45) is 3.50. The third-order valence-corrected chi connectivity index (χ3v) is 3.49. The van der Waals surface area contributed by atoms with Crippen molar-refractivity contribution in [1.82, 2.24) is 0 Å². The summed E-state index contributed by atoms with van der Waals surface area (Å²) in [7, 11) is 5.57. The van der Waals surface area contributed by atoms with Crippen molar-refractivity contribution in [2.45, 2.75) is 24.9 Å². The Morgan fingerprint density at radius 2 is 2.00 bits per heavy atom. The third kappa shape index (κ3) is 1.65. The van der Waals surface area contributed by atoms with Gasteiger partial charge in [-0.15, -0.1) is 0 Å². The van der Waals surface area contributed by atoms with Crippen molar-refractivity contribution in [2.75, 3.05) is 14.2 Å². The van der Waals surface area contributed by atoms with Gasteiger partial charge in [-0.05, 0) is 36.4 Å². The minimum atomic E-state index is -0.0407. The first kappa shape index (κ1) is 10.6. The first-order chi connectivity index (χ1) is 7.22. The van der Waals surface area contributed by atoms with E-state index in [1.165, 1.54) is 17.4 Å². The predicted octanol–water partition coefficient (Wildman–Crippen LogP) is 0.979. The first-order valence-corrected chi connectivity index (χ1v) is 5.42. The van der Waals surface area contributed by atoms with E-state index in [1.807, 2.05) is 0 Å². The lowest BCUT2D eigenvalue weighted by Crippen LogP contribution is -2.36. The van der Waals surface area contributed by atoms with Gasteiger partial charge in [0.2, 0.25) is 0 Å². The van der Waals surface area contributed by atoms with Crippen LogP contribution < -0.4 is 10.2 Å². The number of methoxy groups -OCH3 is 2. The molecule has 0 radical (unpaired) electrons. The molecule has 3 heteroatoms. The Kier molecular flexibility index (Phi) is 2.74. The number of benzene rings is 1. The maximum Gasteiger partial charge on any atom is 0.144 e. The van der Waals surface area contributed by atoms with Crippen molar-refractivity contribution in [3.05, 3.63) is 23.8 Å². The Morgan fingerprint density at radius 3 is 2.47 bits per heavy atom. The van der Waals surface area contributed by atoms with Crippen molar-refractivity contribution in [3.63, 3.8) is 0 Å². The van der Waals surface area contributed by atoms with Gasteiger partial charge in [0.05, 0.1) is 12.7 Å². The molecule has 0 aliphatic heterocycles. The Hall–Kier alpha value is -0.955.